The quantitative estimate of drug-likeness (QED) is 0.220. The number of thiophene rings is 1. The highest BCUT2D eigenvalue weighted by Gasteiger charge is 2.19. The van der Waals surface area contributed by atoms with E-state index in [9.17, 15) is 9.59 Å². The van der Waals surface area contributed by atoms with Gasteiger partial charge in [-0.05, 0) is 37.1 Å². The Hall–Kier alpha value is -3.38. The van der Waals surface area contributed by atoms with Crippen molar-refractivity contribution in [3.05, 3.63) is 77.9 Å². The summed E-state index contributed by atoms with van der Waals surface area (Å²) in [6.07, 6.45) is 5.18. The van der Waals surface area contributed by atoms with Crippen molar-refractivity contribution >= 4 is 34.3 Å². The van der Waals surface area contributed by atoms with Gasteiger partial charge in [0.15, 0.2) is 0 Å². The third kappa shape index (κ3) is 6.31. The number of unbranched alkanes of at least 4 members (excludes halogenated alkanes) is 1. The molecule has 0 bridgehead atoms. The number of ether oxygens (including phenoxy) is 2. The van der Waals surface area contributed by atoms with Crippen molar-refractivity contribution in [2.45, 2.75) is 26.7 Å². The van der Waals surface area contributed by atoms with Gasteiger partial charge in [-0.25, -0.2) is 4.79 Å². The van der Waals surface area contributed by atoms with E-state index in [1.807, 2.05) is 54.6 Å². The van der Waals surface area contributed by atoms with E-state index in [-0.39, 0.29) is 12.5 Å². The number of carbonyl (C=O) groups is 2. The largest absolute Gasteiger partial charge is 0.493 e. The lowest BCUT2D eigenvalue weighted by Crippen LogP contribution is -2.11. The van der Waals surface area contributed by atoms with Crippen molar-refractivity contribution in [3.8, 4) is 16.2 Å². The summed E-state index contributed by atoms with van der Waals surface area (Å²) in [7, 11) is 0. The Morgan fingerprint density at radius 3 is 2.53 bits per heavy atom. The molecule has 1 N–H and O–H groups in total. The van der Waals surface area contributed by atoms with Gasteiger partial charge in [0, 0.05) is 16.5 Å². The number of hydrogen-bond donors (Lipinski definition) is 1. The maximum atomic E-state index is 12.7. The number of carbonyl (C=O) groups excluding carboxylic acids is 2. The number of rotatable bonds is 10. The first-order valence-corrected chi connectivity index (χ1v) is 11.5. The highest BCUT2D eigenvalue weighted by atomic mass is 32.1. The van der Waals surface area contributed by atoms with Gasteiger partial charge < -0.3 is 14.8 Å². The maximum Gasteiger partial charge on any atom is 0.341 e. The summed E-state index contributed by atoms with van der Waals surface area (Å²) in [6, 6.07) is 19.1. The molecule has 0 radical (unpaired) electrons. The van der Waals surface area contributed by atoms with Gasteiger partial charge in [-0.2, -0.15) is 0 Å². The summed E-state index contributed by atoms with van der Waals surface area (Å²) < 4.78 is 11.0. The molecule has 0 saturated carbocycles. The van der Waals surface area contributed by atoms with Crippen molar-refractivity contribution < 1.29 is 19.1 Å². The van der Waals surface area contributed by atoms with Crippen molar-refractivity contribution in [1.82, 2.24) is 0 Å². The maximum absolute atomic E-state index is 12.7. The Bertz CT molecular complexity index is 1070. The van der Waals surface area contributed by atoms with Crippen LogP contribution in [0.15, 0.2) is 66.7 Å². The second-order valence-electron chi connectivity index (χ2n) is 7.00. The summed E-state index contributed by atoms with van der Waals surface area (Å²) in [5.74, 6) is -0.0556. The van der Waals surface area contributed by atoms with E-state index < -0.39 is 5.97 Å². The molecule has 32 heavy (non-hydrogen) atoms. The monoisotopic (exact) mass is 449 g/mol. The predicted molar refractivity (Wildman–Crippen MR) is 130 cm³/mol. The van der Waals surface area contributed by atoms with Crippen LogP contribution in [-0.2, 0) is 9.53 Å². The number of benzene rings is 2. The molecule has 0 spiro atoms. The van der Waals surface area contributed by atoms with Gasteiger partial charge in [-0.1, -0.05) is 61.9 Å². The molecule has 6 heteroatoms. The molecule has 0 aliphatic carbocycles. The van der Waals surface area contributed by atoms with E-state index in [1.54, 1.807) is 19.1 Å². The van der Waals surface area contributed by atoms with Crippen LogP contribution < -0.4 is 10.1 Å². The molecule has 3 aromatic rings. The van der Waals surface area contributed by atoms with E-state index in [1.165, 1.54) is 17.4 Å². The van der Waals surface area contributed by atoms with Crippen molar-refractivity contribution in [3.63, 3.8) is 0 Å². The van der Waals surface area contributed by atoms with Crippen molar-refractivity contribution in [2.75, 3.05) is 18.5 Å². The van der Waals surface area contributed by atoms with Gasteiger partial charge in [0.25, 0.3) is 0 Å². The molecule has 0 unspecified atom stereocenters. The van der Waals surface area contributed by atoms with Crippen LogP contribution in [0, 0.1) is 0 Å². The zero-order chi connectivity index (χ0) is 22.8. The zero-order valence-corrected chi connectivity index (χ0v) is 19.1. The Morgan fingerprint density at radius 2 is 1.78 bits per heavy atom. The molecule has 0 aliphatic heterocycles. The van der Waals surface area contributed by atoms with Gasteiger partial charge >= 0.3 is 5.97 Å². The average Bonchev–Trinajstić information content (AvgIpc) is 3.23. The Morgan fingerprint density at radius 1 is 1.03 bits per heavy atom. The van der Waals surface area contributed by atoms with Gasteiger partial charge in [0.1, 0.15) is 10.8 Å². The SMILES string of the molecule is CCCCOc1ccccc1C=CC(=O)Nc1sc(-c2ccccc2)cc1C(=O)OCC. The first-order valence-electron chi connectivity index (χ1n) is 10.7. The molecule has 1 heterocycles. The Balaban J connectivity index is 1.78. The first kappa shape index (κ1) is 23.3. The second-order valence-corrected chi connectivity index (χ2v) is 8.05. The topological polar surface area (TPSA) is 64.6 Å². The van der Waals surface area contributed by atoms with E-state index in [4.69, 9.17) is 9.47 Å². The molecule has 1 aromatic heterocycles. The van der Waals surface area contributed by atoms with Crippen molar-refractivity contribution in [2.24, 2.45) is 0 Å². The lowest BCUT2D eigenvalue weighted by atomic mass is 10.1. The van der Waals surface area contributed by atoms with Gasteiger partial charge in [-0.15, -0.1) is 11.3 Å². The minimum absolute atomic E-state index is 0.261. The number of para-hydroxylation sites is 1. The summed E-state index contributed by atoms with van der Waals surface area (Å²) in [6.45, 7) is 4.76. The first-order chi connectivity index (χ1) is 15.6. The molecule has 0 fully saturated rings. The Kier molecular flexibility index (Phi) is 8.63. The van der Waals surface area contributed by atoms with Gasteiger partial charge in [0.2, 0.25) is 5.91 Å². The van der Waals surface area contributed by atoms with Crippen molar-refractivity contribution in [1.29, 1.82) is 0 Å². The molecule has 0 aliphatic rings. The fourth-order valence-corrected chi connectivity index (χ4v) is 4.04. The van der Waals surface area contributed by atoms with Gasteiger partial charge in [0.05, 0.1) is 18.8 Å². The standard InChI is InChI=1S/C26H27NO4S/c1-3-5-17-31-22-14-10-9-11-19(22)15-16-24(28)27-25-21(26(29)30-4-2)18-23(32-25)20-12-7-6-8-13-20/h6-16,18H,3-5,17H2,1-2H3,(H,27,28). The van der Waals surface area contributed by atoms with Crippen LogP contribution in [0.1, 0.15) is 42.6 Å². The molecule has 0 saturated heterocycles. The molecule has 1 amide bonds. The summed E-state index contributed by atoms with van der Waals surface area (Å²) in [4.78, 5) is 26.0. The minimum Gasteiger partial charge on any atom is -0.493 e. The molecular weight excluding hydrogens is 422 g/mol. The lowest BCUT2D eigenvalue weighted by molar-refractivity contribution is -0.111. The minimum atomic E-state index is -0.458. The molecule has 2 aromatic carbocycles. The summed E-state index contributed by atoms with van der Waals surface area (Å²) in [5.41, 5.74) is 2.14. The third-order valence-corrected chi connectivity index (χ3v) is 5.71. The number of amides is 1. The summed E-state index contributed by atoms with van der Waals surface area (Å²) >= 11 is 1.34. The van der Waals surface area contributed by atoms with E-state index >= 15 is 0 Å². The molecular formula is C26H27NO4S. The second kappa shape index (κ2) is 11.9. The molecule has 5 nitrogen and oxygen atoms in total. The average molecular weight is 450 g/mol. The normalized spacial score (nSPS) is 10.8. The number of anilines is 1. The number of esters is 1. The van der Waals surface area contributed by atoms with Gasteiger partial charge in [-0.3, -0.25) is 4.79 Å². The molecule has 166 valence electrons. The highest BCUT2D eigenvalue weighted by molar-refractivity contribution is 7.20. The molecule has 3 rings (SSSR count). The summed E-state index contributed by atoms with van der Waals surface area (Å²) in [5, 5.41) is 3.30. The fraction of sp³-hybridized carbons (Fsp3) is 0.231. The van der Waals surface area contributed by atoms with Crippen LogP contribution in [0.4, 0.5) is 5.00 Å². The highest BCUT2D eigenvalue weighted by Crippen LogP contribution is 2.36. The lowest BCUT2D eigenvalue weighted by Gasteiger charge is -2.08. The van der Waals surface area contributed by atoms with Crippen LogP contribution in [-0.4, -0.2) is 25.1 Å². The smallest absolute Gasteiger partial charge is 0.341 e. The van der Waals surface area contributed by atoms with Crippen LogP contribution in [0.5, 0.6) is 5.75 Å². The zero-order valence-electron chi connectivity index (χ0n) is 18.3. The van der Waals surface area contributed by atoms with E-state index in [0.717, 1.165) is 34.6 Å². The fourth-order valence-electron chi connectivity index (χ4n) is 2.98. The van der Waals surface area contributed by atoms with E-state index in [0.29, 0.717) is 17.2 Å². The number of nitrogens with one attached hydrogen (secondary N) is 1. The predicted octanol–water partition coefficient (Wildman–Crippen LogP) is 6.42. The van der Waals surface area contributed by atoms with Crippen LogP contribution in [0.2, 0.25) is 0 Å². The van der Waals surface area contributed by atoms with Crippen LogP contribution >= 0.6 is 11.3 Å². The van der Waals surface area contributed by atoms with Crippen LogP contribution in [0.3, 0.4) is 0 Å². The van der Waals surface area contributed by atoms with E-state index in [2.05, 4.69) is 12.2 Å². The molecule has 0 atom stereocenters. The number of hydrogen-bond acceptors (Lipinski definition) is 5. The Labute approximate surface area is 192 Å². The third-order valence-electron chi connectivity index (χ3n) is 4.61. The van der Waals surface area contributed by atoms with Crippen LogP contribution in [0.25, 0.3) is 16.5 Å².